The number of carbonyl (C=O) groups excluding carboxylic acids is 1. The van der Waals surface area contributed by atoms with Crippen molar-refractivity contribution in [2.75, 3.05) is 7.11 Å². The molecule has 330 valence electrons. The van der Waals surface area contributed by atoms with Gasteiger partial charge >= 0.3 is 5.97 Å². The summed E-state index contributed by atoms with van der Waals surface area (Å²) in [6.45, 7) is 26.0. The standard InChI is InChI=1S/C55H69NO6/c1-52(2,3)42-23-34-20-35-24-43(53(4,5)6)26-37(48(35)58)22-39-28-45(55(10,11)12)30-41(50(39)60)32-56(46(51(61)62-13)19-33-17-15-14-16-18-33)31-40-29-44(54(7,8)9)27-38(49(40)59)21-36(25-42)47(34)57/h14-18,23-30,46,57-60H,19-22,31-32H2,1-13H3/t46-/m0/s1. The van der Waals surface area contributed by atoms with Crippen molar-refractivity contribution in [3.05, 3.63) is 151 Å². The van der Waals surface area contributed by atoms with E-state index in [1.165, 1.54) is 7.11 Å². The number of phenols is 4. The lowest BCUT2D eigenvalue weighted by molar-refractivity contribution is -0.147. The van der Waals surface area contributed by atoms with Gasteiger partial charge in [0.05, 0.1) is 7.11 Å². The van der Waals surface area contributed by atoms with Crippen molar-refractivity contribution < 1.29 is 30.0 Å². The summed E-state index contributed by atoms with van der Waals surface area (Å²) in [5.74, 6) is -0.00842. The molecule has 62 heavy (non-hydrogen) atoms. The summed E-state index contributed by atoms with van der Waals surface area (Å²) in [6, 6.07) is 25.3. The molecular weight excluding hydrogens is 771 g/mol. The van der Waals surface area contributed by atoms with Gasteiger partial charge < -0.3 is 25.2 Å². The minimum Gasteiger partial charge on any atom is -0.507 e. The van der Waals surface area contributed by atoms with Gasteiger partial charge in [0, 0.05) is 43.5 Å². The third-order valence-electron chi connectivity index (χ3n) is 12.6. The number of carbonyl (C=O) groups is 1. The van der Waals surface area contributed by atoms with Crippen molar-refractivity contribution in [2.45, 2.75) is 150 Å². The zero-order valence-corrected chi connectivity index (χ0v) is 39.4. The third kappa shape index (κ3) is 10.2. The molecule has 4 N–H and O–H groups in total. The van der Waals surface area contributed by atoms with Crippen LogP contribution < -0.4 is 0 Å². The number of nitrogens with zero attached hydrogens (tertiary/aromatic N) is 1. The van der Waals surface area contributed by atoms with E-state index in [9.17, 15) is 25.2 Å². The van der Waals surface area contributed by atoms with Gasteiger partial charge in [0.15, 0.2) is 0 Å². The first-order valence-electron chi connectivity index (χ1n) is 22.0. The summed E-state index contributed by atoms with van der Waals surface area (Å²) in [7, 11) is 1.40. The number of aromatic hydroxyl groups is 4. The summed E-state index contributed by atoms with van der Waals surface area (Å²) in [5.41, 5.74) is 9.09. The molecule has 6 rings (SSSR count). The molecule has 0 radical (unpaired) electrons. The maximum Gasteiger partial charge on any atom is 0.323 e. The number of fused-ring (bicyclic) bond motifs is 8. The van der Waals surface area contributed by atoms with E-state index in [1.807, 2.05) is 83.8 Å². The molecular formula is C55H69NO6. The zero-order valence-electron chi connectivity index (χ0n) is 39.4. The normalized spacial score (nSPS) is 14.8. The van der Waals surface area contributed by atoms with Crippen molar-refractivity contribution >= 4 is 5.97 Å². The molecule has 1 aliphatic heterocycles. The highest BCUT2D eigenvalue weighted by atomic mass is 16.5. The second-order valence-electron chi connectivity index (χ2n) is 21.7. The topological polar surface area (TPSA) is 110 Å². The largest absolute Gasteiger partial charge is 0.507 e. The summed E-state index contributed by atoms with van der Waals surface area (Å²) < 4.78 is 5.52. The highest BCUT2D eigenvalue weighted by Crippen LogP contribution is 2.42. The molecule has 1 heterocycles. The van der Waals surface area contributed by atoms with Crippen LogP contribution in [0.5, 0.6) is 23.0 Å². The van der Waals surface area contributed by atoms with Crippen molar-refractivity contribution in [3.8, 4) is 23.0 Å². The van der Waals surface area contributed by atoms with Crippen LogP contribution in [0.3, 0.4) is 0 Å². The number of phenolic OH excluding ortho intramolecular Hbond substituents is 4. The molecule has 5 aromatic carbocycles. The molecule has 0 saturated carbocycles. The Hall–Kier alpha value is -5.27. The fraction of sp³-hybridized carbons (Fsp3) is 0.436. The number of hydrogen-bond acceptors (Lipinski definition) is 7. The van der Waals surface area contributed by atoms with Crippen LogP contribution >= 0.6 is 0 Å². The van der Waals surface area contributed by atoms with Crippen LogP contribution in [-0.2, 0) is 70.0 Å². The lowest BCUT2D eigenvalue weighted by atomic mass is 9.80. The second-order valence-corrected chi connectivity index (χ2v) is 21.7. The zero-order chi connectivity index (χ0) is 45.7. The minimum atomic E-state index is -0.791. The van der Waals surface area contributed by atoms with Gasteiger partial charge in [0.2, 0.25) is 0 Å². The van der Waals surface area contributed by atoms with Crippen molar-refractivity contribution in [1.29, 1.82) is 0 Å². The number of rotatable bonds is 4. The maximum atomic E-state index is 14.1. The van der Waals surface area contributed by atoms with Crippen LogP contribution in [0.15, 0.2) is 78.9 Å². The van der Waals surface area contributed by atoms with Gasteiger partial charge in [-0.05, 0) is 89.3 Å². The lowest BCUT2D eigenvalue weighted by Crippen LogP contribution is -2.43. The molecule has 8 bridgehead atoms. The van der Waals surface area contributed by atoms with Crippen LogP contribution in [0.2, 0.25) is 0 Å². The van der Waals surface area contributed by atoms with Crippen LogP contribution in [0.25, 0.3) is 0 Å². The molecule has 7 heteroatoms. The van der Waals surface area contributed by atoms with Gasteiger partial charge in [-0.25, -0.2) is 0 Å². The highest BCUT2D eigenvalue weighted by molar-refractivity contribution is 5.76. The van der Waals surface area contributed by atoms with E-state index in [-0.39, 0.29) is 77.0 Å². The Morgan fingerprint density at radius 1 is 0.500 bits per heavy atom. The average Bonchev–Trinajstić information content (AvgIpc) is 3.17. The van der Waals surface area contributed by atoms with Gasteiger partial charge in [-0.2, -0.15) is 0 Å². The molecule has 1 aliphatic rings. The van der Waals surface area contributed by atoms with Crippen LogP contribution in [-0.4, -0.2) is 44.4 Å². The molecule has 0 fully saturated rings. The molecule has 0 aromatic heterocycles. The van der Waals surface area contributed by atoms with Crippen molar-refractivity contribution in [1.82, 2.24) is 4.90 Å². The smallest absolute Gasteiger partial charge is 0.323 e. The number of esters is 1. The molecule has 5 aromatic rings. The summed E-state index contributed by atoms with van der Waals surface area (Å²) in [5, 5.41) is 49.4. The quantitative estimate of drug-likeness (QED) is 0.133. The van der Waals surface area contributed by atoms with Gasteiger partial charge in [-0.15, -0.1) is 0 Å². The number of benzene rings is 5. The maximum absolute atomic E-state index is 14.1. The number of hydrogen-bond donors (Lipinski definition) is 4. The monoisotopic (exact) mass is 840 g/mol. The molecule has 0 spiro atoms. The predicted molar refractivity (Wildman–Crippen MR) is 251 cm³/mol. The molecule has 7 nitrogen and oxygen atoms in total. The van der Waals surface area contributed by atoms with Gasteiger partial charge in [0.25, 0.3) is 0 Å². The Kier molecular flexibility index (Phi) is 12.8. The summed E-state index contributed by atoms with van der Waals surface area (Å²) in [6.07, 6.45) is 1.09. The van der Waals surface area contributed by atoms with E-state index in [1.54, 1.807) is 0 Å². The van der Waals surface area contributed by atoms with E-state index < -0.39 is 12.0 Å². The fourth-order valence-electron chi connectivity index (χ4n) is 8.49. The molecule has 1 atom stereocenters. The number of methoxy groups -OCH3 is 1. The lowest BCUT2D eigenvalue weighted by Gasteiger charge is -2.33. The Labute approximate surface area is 370 Å². The Morgan fingerprint density at radius 2 is 0.774 bits per heavy atom. The Morgan fingerprint density at radius 3 is 1.05 bits per heavy atom. The van der Waals surface area contributed by atoms with Crippen molar-refractivity contribution in [2.24, 2.45) is 0 Å². The molecule has 0 aliphatic carbocycles. The molecule has 0 amide bonds. The Balaban J connectivity index is 1.72. The van der Waals surface area contributed by atoms with E-state index in [4.69, 9.17) is 4.74 Å². The van der Waals surface area contributed by atoms with Gasteiger partial charge in [-0.1, -0.05) is 162 Å². The summed E-state index contributed by atoms with van der Waals surface area (Å²) in [4.78, 5) is 16.1. The number of ether oxygens (including phenoxy) is 1. The van der Waals surface area contributed by atoms with E-state index in [0.717, 1.165) is 27.8 Å². The summed E-state index contributed by atoms with van der Waals surface area (Å²) >= 11 is 0. The first kappa shape index (κ1) is 46.2. The van der Waals surface area contributed by atoms with Crippen molar-refractivity contribution in [3.63, 3.8) is 0 Å². The van der Waals surface area contributed by atoms with E-state index in [2.05, 4.69) is 83.1 Å². The van der Waals surface area contributed by atoms with E-state index in [0.29, 0.717) is 50.9 Å². The van der Waals surface area contributed by atoms with Crippen LogP contribution in [0, 0.1) is 0 Å². The SMILES string of the molecule is COC(=O)[C@H](Cc1ccccc1)N1Cc2cc(C(C)(C)C)cc(c2O)Cc2cc(C(C)(C)C)cc(c2O)Cc2cc(C(C)(C)C)cc(c2O)Cc2cc(C(C)(C)C)cc(c2O)C1. The van der Waals surface area contributed by atoms with Gasteiger partial charge in [-0.3, -0.25) is 9.69 Å². The fourth-order valence-corrected chi connectivity index (χ4v) is 8.49. The first-order chi connectivity index (χ1) is 28.7. The minimum absolute atomic E-state index is 0.0862. The third-order valence-corrected chi connectivity index (χ3v) is 12.6. The Bertz CT molecular complexity index is 2310. The van der Waals surface area contributed by atoms with Gasteiger partial charge in [0.1, 0.15) is 29.0 Å². The van der Waals surface area contributed by atoms with Crippen LogP contribution in [0.1, 0.15) is 155 Å². The van der Waals surface area contributed by atoms with E-state index >= 15 is 0 Å². The second kappa shape index (κ2) is 17.1. The average molecular weight is 840 g/mol. The first-order valence-corrected chi connectivity index (χ1v) is 22.0. The predicted octanol–water partition coefficient (Wildman–Crippen LogP) is 11.6. The van der Waals surface area contributed by atoms with Crippen LogP contribution in [0.4, 0.5) is 0 Å². The highest BCUT2D eigenvalue weighted by Gasteiger charge is 2.32. The molecule has 0 unspecified atom stereocenters. The molecule has 0 saturated heterocycles.